The van der Waals surface area contributed by atoms with Crippen LogP contribution in [-0.4, -0.2) is 81.6 Å². The van der Waals surface area contributed by atoms with Crippen LogP contribution < -0.4 is 11.1 Å². The van der Waals surface area contributed by atoms with Gasteiger partial charge in [-0.3, -0.25) is 19.3 Å². The van der Waals surface area contributed by atoms with E-state index in [2.05, 4.69) is 5.32 Å². The van der Waals surface area contributed by atoms with Gasteiger partial charge in [0.2, 0.25) is 17.7 Å². The molecule has 2 heterocycles. The van der Waals surface area contributed by atoms with Crippen molar-refractivity contribution in [2.24, 2.45) is 11.7 Å². The molecule has 2 fully saturated rings. The first-order valence-corrected chi connectivity index (χ1v) is 8.28. The molecule has 2 rings (SSSR count). The van der Waals surface area contributed by atoms with E-state index in [1.165, 1.54) is 11.8 Å². The van der Waals surface area contributed by atoms with E-state index in [-0.39, 0.29) is 18.4 Å². The molecule has 2 aliphatic rings. The number of carboxylic acid groups (broad SMARTS) is 1. The van der Waals surface area contributed by atoms with Gasteiger partial charge in [-0.1, -0.05) is 0 Å². The van der Waals surface area contributed by atoms with Gasteiger partial charge in [-0.05, 0) is 26.2 Å². The number of nitrogens with one attached hydrogen (secondary N) is 1. The molecule has 0 bridgehead atoms. The standard InChI is InChI=1S/C15H24N4O6/c1-8(11(20)12(16)21)17-13(22)9-4-6-18(7-9)14(23)10-3-2-5-19(10)15(24)25/h8-11,20H,2-7H2,1H3,(H2,16,21)(H,17,22)(H,24,25)/t8-,9-,10-,11+/m0/s1. The molecule has 0 unspecified atom stereocenters. The molecule has 4 atom stereocenters. The number of hydrogen-bond acceptors (Lipinski definition) is 5. The summed E-state index contributed by atoms with van der Waals surface area (Å²) in [6.07, 6.45) is -1.02. The van der Waals surface area contributed by atoms with Gasteiger partial charge in [-0.2, -0.15) is 0 Å². The molecule has 2 aliphatic heterocycles. The van der Waals surface area contributed by atoms with Crippen LogP contribution in [0, 0.1) is 5.92 Å². The van der Waals surface area contributed by atoms with E-state index in [1.54, 1.807) is 0 Å². The van der Waals surface area contributed by atoms with Crippen LogP contribution in [0.2, 0.25) is 0 Å². The predicted octanol–water partition coefficient (Wildman–Crippen LogP) is -1.67. The van der Waals surface area contributed by atoms with E-state index in [0.717, 1.165) is 4.90 Å². The molecule has 5 N–H and O–H groups in total. The highest BCUT2D eigenvalue weighted by Gasteiger charge is 2.40. The van der Waals surface area contributed by atoms with Gasteiger partial charge >= 0.3 is 6.09 Å². The summed E-state index contributed by atoms with van der Waals surface area (Å²) in [5.41, 5.74) is 4.99. The van der Waals surface area contributed by atoms with E-state index in [4.69, 9.17) is 10.8 Å². The van der Waals surface area contributed by atoms with Crippen LogP contribution in [0.4, 0.5) is 4.79 Å². The maximum atomic E-state index is 12.5. The largest absolute Gasteiger partial charge is 0.465 e. The molecule has 0 saturated carbocycles. The smallest absolute Gasteiger partial charge is 0.407 e. The number of likely N-dealkylation sites (tertiary alicyclic amines) is 2. The Labute approximate surface area is 144 Å². The highest BCUT2D eigenvalue weighted by molar-refractivity contribution is 5.88. The quantitative estimate of drug-likeness (QED) is 0.462. The van der Waals surface area contributed by atoms with Gasteiger partial charge in [0.25, 0.3) is 0 Å². The second kappa shape index (κ2) is 7.68. The molecule has 4 amide bonds. The van der Waals surface area contributed by atoms with Gasteiger partial charge < -0.3 is 26.2 Å². The second-order valence-corrected chi connectivity index (χ2v) is 6.55. The van der Waals surface area contributed by atoms with E-state index < -0.39 is 36.1 Å². The normalized spacial score (nSPS) is 25.5. The summed E-state index contributed by atoms with van der Waals surface area (Å²) in [5.74, 6) is -2.04. The Bertz CT molecular complexity index is 568. The molecule has 0 aromatic heterocycles. The summed E-state index contributed by atoms with van der Waals surface area (Å²) in [6, 6.07) is -1.51. The molecule has 0 radical (unpaired) electrons. The summed E-state index contributed by atoms with van der Waals surface area (Å²) >= 11 is 0. The van der Waals surface area contributed by atoms with E-state index in [9.17, 15) is 24.3 Å². The lowest BCUT2D eigenvalue weighted by molar-refractivity contribution is -0.134. The Hall–Kier alpha value is -2.36. The Morgan fingerprint density at radius 3 is 2.48 bits per heavy atom. The van der Waals surface area contributed by atoms with Crippen molar-refractivity contribution < 1.29 is 29.4 Å². The van der Waals surface area contributed by atoms with Gasteiger partial charge in [0.1, 0.15) is 6.04 Å². The Morgan fingerprint density at radius 2 is 1.88 bits per heavy atom. The van der Waals surface area contributed by atoms with Gasteiger partial charge in [-0.15, -0.1) is 0 Å². The first-order chi connectivity index (χ1) is 11.7. The van der Waals surface area contributed by atoms with Crippen molar-refractivity contribution >= 4 is 23.8 Å². The van der Waals surface area contributed by atoms with Crippen molar-refractivity contribution in [3.63, 3.8) is 0 Å². The zero-order chi connectivity index (χ0) is 18.7. The Kier molecular flexibility index (Phi) is 5.83. The number of nitrogens with zero attached hydrogens (tertiary/aromatic N) is 2. The summed E-state index contributed by atoms with van der Waals surface area (Å²) in [5, 5.41) is 21.2. The average Bonchev–Trinajstić information content (AvgIpc) is 3.22. The SMILES string of the molecule is C[C@H](NC(=O)[C@H]1CCN(C(=O)[C@@H]2CCCN2C(=O)O)C1)[C@@H](O)C(N)=O. The van der Waals surface area contributed by atoms with E-state index in [1.807, 2.05) is 0 Å². The molecule has 0 aromatic carbocycles. The zero-order valence-electron chi connectivity index (χ0n) is 14.1. The number of nitrogens with two attached hydrogens (primary N) is 1. The number of hydrogen-bond donors (Lipinski definition) is 4. The Morgan fingerprint density at radius 1 is 1.20 bits per heavy atom. The zero-order valence-corrected chi connectivity index (χ0v) is 14.1. The van der Waals surface area contributed by atoms with Gasteiger partial charge in [-0.25, -0.2) is 4.79 Å². The molecule has 10 nitrogen and oxygen atoms in total. The minimum absolute atomic E-state index is 0.189. The molecular formula is C15H24N4O6. The average molecular weight is 356 g/mol. The lowest BCUT2D eigenvalue weighted by Gasteiger charge is -2.26. The van der Waals surface area contributed by atoms with E-state index >= 15 is 0 Å². The molecule has 0 aliphatic carbocycles. The summed E-state index contributed by atoms with van der Waals surface area (Å²) in [4.78, 5) is 49.5. The molecular weight excluding hydrogens is 332 g/mol. The number of primary amides is 1. The fourth-order valence-corrected chi connectivity index (χ4v) is 3.31. The highest BCUT2D eigenvalue weighted by atomic mass is 16.4. The minimum Gasteiger partial charge on any atom is -0.465 e. The lowest BCUT2D eigenvalue weighted by Crippen LogP contribution is -2.50. The number of aliphatic hydroxyl groups is 1. The van der Waals surface area contributed by atoms with Crippen LogP contribution in [0.25, 0.3) is 0 Å². The van der Waals surface area contributed by atoms with Crippen molar-refractivity contribution in [2.75, 3.05) is 19.6 Å². The Balaban J connectivity index is 1.90. The lowest BCUT2D eigenvalue weighted by atomic mass is 10.1. The van der Waals surface area contributed by atoms with Crippen molar-refractivity contribution in [1.82, 2.24) is 15.1 Å². The predicted molar refractivity (Wildman–Crippen MR) is 85.2 cm³/mol. The van der Waals surface area contributed by atoms with Crippen LogP contribution in [0.5, 0.6) is 0 Å². The topological polar surface area (TPSA) is 153 Å². The number of aliphatic hydroxyl groups excluding tert-OH is 1. The monoisotopic (exact) mass is 356 g/mol. The summed E-state index contributed by atoms with van der Waals surface area (Å²) in [7, 11) is 0. The number of carbonyl (C=O) groups excluding carboxylic acids is 3. The molecule has 140 valence electrons. The minimum atomic E-state index is -1.48. The fraction of sp³-hybridized carbons (Fsp3) is 0.733. The fourth-order valence-electron chi connectivity index (χ4n) is 3.31. The number of rotatable bonds is 5. The van der Waals surface area contributed by atoms with Crippen LogP contribution in [-0.2, 0) is 14.4 Å². The first-order valence-electron chi connectivity index (χ1n) is 8.28. The summed E-state index contributed by atoms with van der Waals surface area (Å²) < 4.78 is 0. The molecule has 0 spiro atoms. The van der Waals surface area contributed by atoms with Crippen molar-refractivity contribution in [3.05, 3.63) is 0 Å². The van der Waals surface area contributed by atoms with Crippen LogP contribution >= 0.6 is 0 Å². The van der Waals surface area contributed by atoms with Crippen LogP contribution in [0.1, 0.15) is 26.2 Å². The summed E-state index contributed by atoms with van der Waals surface area (Å²) in [6.45, 7) is 2.36. The molecule has 2 saturated heterocycles. The third-order valence-electron chi connectivity index (χ3n) is 4.79. The van der Waals surface area contributed by atoms with E-state index in [0.29, 0.717) is 32.4 Å². The van der Waals surface area contributed by atoms with Gasteiger partial charge in [0.15, 0.2) is 6.10 Å². The van der Waals surface area contributed by atoms with Crippen LogP contribution in [0.15, 0.2) is 0 Å². The second-order valence-electron chi connectivity index (χ2n) is 6.55. The van der Waals surface area contributed by atoms with Crippen molar-refractivity contribution in [3.8, 4) is 0 Å². The highest BCUT2D eigenvalue weighted by Crippen LogP contribution is 2.24. The third-order valence-corrected chi connectivity index (χ3v) is 4.79. The maximum Gasteiger partial charge on any atom is 0.407 e. The maximum absolute atomic E-state index is 12.5. The van der Waals surface area contributed by atoms with Crippen molar-refractivity contribution in [2.45, 2.75) is 44.4 Å². The molecule has 0 aromatic rings. The first kappa shape index (κ1) is 19.0. The molecule has 25 heavy (non-hydrogen) atoms. The molecule has 10 heteroatoms. The van der Waals surface area contributed by atoms with Gasteiger partial charge in [0.05, 0.1) is 12.0 Å². The van der Waals surface area contributed by atoms with Crippen molar-refractivity contribution in [1.29, 1.82) is 0 Å². The number of carbonyl (C=O) groups is 4. The van der Waals surface area contributed by atoms with Crippen LogP contribution in [0.3, 0.4) is 0 Å². The van der Waals surface area contributed by atoms with Gasteiger partial charge in [0, 0.05) is 19.6 Å². The number of amides is 4. The third kappa shape index (κ3) is 4.19.